The molecule has 0 aromatic heterocycles. The van der Waals surface area contributed by atoms with E-state index in [0.717, 1.165) is 35.8 Å². The molecule has 0 spiro atoms. The van der Waals surface area contributed by atoms with Crippen LogP contribution in [0.4, 0.5) is 0 Å². The van der Waals surface area contributed by atoms with Crippen LogP contribution < -0.4 is 10.1 Å². The van der Waals surface area contributed by atoms with Gasteiger partial charge in [0.05, 0.1) is 31.7 Å². The SMILES string of the molecule is COc1cc(C)c(S(=O)(=O)N(C)CC(=O)NCC(=O)N(C)Cc2ccc3c(c2)CCN(CCO)CC3)c(C)c1. The predicted molar refractivity (Wildman–Crippen MR) is 149 cm³/mol. The minimum absolute atomic E-state index is 0.135. The number of fused-ring (bicyclic) bond motifs is 1. The Bertz CT molecular complexity index is 1270. The maximum absolute atomic E-state index is 13.1. The van der Waals surface area contributed by atoms with Crippen molar-refractivity contribution in [2.75, 3.05) is 60.5 Å². The highest BCUT2D eigenvalue weighted by molar-refractivity contribution is 7.89. The smallest absolute Gasteiger partial charge is 0.243 e. The Hall–Kier alpha value is -2.99. The Morgan fingerprint density at radius 3 is 2.31 bits per heavy atom. The Labute approximate surface area is 231 Å². The number of benzene rings is 2. The van der Waals surface area contributed by atoms with Gasteiger partial charge in [-0.05, 0) is 66.6 Å². The van der Waals surface area contributed by atoms with Crippen molar-refractivity contribution in [1.29, 1.82) is 0 Å². The molecule has 0 unspecified atom stereocenters. The number of amides is 2. The molecule has 11 heteroatoms. The van der Waals surface area contributed by atoms with Crippen molar-refractivity contribution >= 4 is 21.8 Å². The number of nitrogens with zero attached hydrogens (tertiary/aromatic N) is 3. The highest BCUT2D eigenvalue weighted by Crippen LogP contribution is 2.27. The second-order valence-electron chi connectivity index (χ2n) is 10.0. The Balaban J connectivity index is 1.53. The third-order valence-electron chi connectivity index (χ3n) is 7.07. The van der Waals surface area contributed by atoms with Crippen LogP contribution in [-0.2, 0) is 39.0 Å². The van der Waals surface area contributed by atoms with Crippen molar-refractivity contribution in [3.63, 3.8) is 0 Å². The predicted octanol–water partition coefficient (Wildman–Crippen LogP) is 1.10. The number of sulfonamides is 1. The highest BCUT2D eigenvalue weighted by Gasteiger charge is 2.27. The molecular formula is C28H40N4O6S. The summed E-state index contributed by atoms with van der Waals surface area (Å²) >= 11 is 0. The topological polar surface area (TPSA) is 119 Å². The zero-order valence-electron chi connectivity index (χ0n) is 23.5. The number of likely N-dealkylation sites (N-methyl/N-ethyl adjacent to an activating group) is 2. The fraction of sp³-hybridized carbons (Fsp3) is 0.500. The van der Waals surface area contributed by atoms with Gasteiger partial charge in [0.2, 0.25) is 21.8 Å². The highest BCUT2D eigenvalue weighted by atomic mass is 32.2. The van der Waals surface area contributed by atoms with Crippen molar-refractivity contribution in [1.82, 2.24) is 19.4 Å². The quantitative estimate of drug-likeness (QED) is 0.422. The van der Waals surface area contributed by atoms with Crippen LogP contribution in [0.5, 0.6) is 5.75 Å². The Morgan fingerprint density at radius 1 is 1.05 bits per heavy atom. The number of aryl methyl sites for hydroxylation is 2. The number of hydrogen-bond acceptors (Lipinski definition) is 7. The lowest BCUT2D eigenvalue weighted by Gasteiger charge is -2.21. The van der Waals surface area contributed by atoms with E-state index in [0.29, 0.717) is 30.0 Å². The summed E-state index contributed by atoms with van der Waals surface area (Å²) in [6, 6.07) is 9.53. The molecule has 2 N–H and O–H groups in total. The van der Waals surface area contributed by atoms with Crippen LogP contribution in [0.1, 0.15) is 27.8 Å². The molecule has 0 fully saturated rings. The number of aliphatic hydroxyl groups is 1. The van der Waals surface area contributed by atoms with E-state index in [-0.39, 0.29) is 24.0 Å². The lowest BCUT2D eigenvalue weighted by atomic mass is 10.00. The number of carbonyl (C=O) groups excluding carboxylic acids is 2. The number of ether oxygens (including phenoxy) is 1. The largest absolute Gasteiger partial charge is 0.497 e. The van der Waals surface area contributed by atoms with E-state index in [1.165, 1.54) is 25.3 Å². The monoisotopic (exact) mass is 560 g/mol. The molecule has 10 nitrogen and oxygen atoms in total. The van der Waals surface area contributed by atoms with Crippen LogP contribution in [-0.4, -0.2) is 100.0 Å². The van der Waals surface area contributed by atoms with Gasteiger partial charge in [0.1, 0.15) is 5.75 Å². The maximum atomic E-state index is 13.1. The van der Waals surface area contributed by atoms with E-state index in [1.54, 1.807) is 37.9 Å². The summed E-state index contributed by atoms with van der Waals surface area (Å²) < 4.78 is 32.5. The van der Waals surface area contributed by atoms with Gasteiger partial charge >= 0.3 is 0 Å². The molecule has 3 rings (SSSR count). The molecule has 1 aliphatic heterocycles. The lowest BCUT2D eigenvalue weighted by Crippen LogP contribution is -2.43. The molecule has 214 valence electrons. The van der Waals surface area contributed by atoms with Gasteiger partial charge in [-0.3, -0.25) is 9.59 Å². The molecule has 0 saturated carbocycles. The van der Waals surface area contributed by atoms with E-state index in [9.17, 15) is 23.1 Å². The second-order valence-corrected chi connectivity index (χ2v) is 12.0. The second kappa shape index (κ2) is 13.4. The minimum atomic E-state index is -3.93. The van der Waals surface area contributed by atoms with Crippen molar-refractivity contribution in [3.05, 3.63) is 58.1 Å². The van der Waals surface area contributed by atoms with Gasteiger partial charge in [-0.25, -0.2) is 8.42 Å². The van der Waals surface area contributed by atoms with Gasteiger partial charge in [-0.2, -0.15) is 4.31 Å². The fourth-order valence-corrected chi connectivity index (χ4v) is 6.42. The van der Waals surface area contributed by atoms with Crippen LogP contribution >= 0.6 is 0 Å². The molecule has 1 aliphatic rings. The first kappa shape index (κ1) is 30.6. The van der Waals surface area contributed by atoms with Gasteiger partial charge in [0.25, 0.3) is 0 Å². The average molecular weight is 561 g/mol. The summed E-state index contributed by atoms with van der Waals surface area (Å²) in [5.41, 5.74) is 4.60. The number of hydrogen-bond donors (Lipinski definition) is 2. The summed E-state index contributed by atoms with van der Waals surface area (Å²) in [7, 11) is 0.603. The van der Waals surface area contributed by atoms with Crippen LogP contribution in [0.3, 0.4) is 0 Å². The van der Waals surface area contributed by atoms with Gasteiger partial charge < -0.3 is 25.0 Å². The van der Waals surface area contributed by atoms with Crippen LogP contribution in [0.15, 0.2) is 35.2 Å². The number of rotatable bonds is 11. The average Bonchev–Trinajstić information content (AvgIpc) is 3.08. The van der Waals surface area contributed by atoms with Gasteiger partial charge in [-0.1, -0.05) is 18.2 Å². The summed E-state index contributed by atoms with van der Waals surface area (Å²) in [6.07, 6.45) is 1.82. The van der Waals surface area contributed by atoms with Crippen molar-refractivity contribution in [2.24, 2.45) is 0 Å². The third-order valence-corrected chi connectivity index (χ3v) is 9.18. The van der Waals surface area contributed by atoms with E-state index in [1.807, 2.05) is 6.07 Å². The molecule has 0 atom stereocenters. The number of methoxy groups -OCH3 is 1. The summed E-state index contributed by atoms with van der Waals surface area (Å²) in [5, 5.41) is 11.8. The molecule has 2 aromatic rings. The first-order valence-electron chi connectivity index (χ1n) is 13.0. The summed E-state index contributed by atoms with van der Waals surface area (Å²) in [5.74, 6) is -0.286. The van der Waals surface area contributed by atoms with Crippen molar-refractivity contribution in [3.8, 4) is 5.75 Å². The zero-order valence-corrected chi connectivity index (χ0v) is 24.3. The van der Waals surface area contributed by atoms with Gasteiger partial charge in [-0.15, -0.1) is 0 Å². The van der Waals surface area contributed by atoms with Gasteiger partial charge in [0.15, 0.2) is 0 Å². The normalized spacial score (nSPS) is 14.0. The van der Waals surface area contributed by atoms with Crippen LogP contribution in [0.2, 0.25) is 0 Å². The van der Waals surface area contributed by atoms with Crippen LogP contribution in [0, 0.1) is 13.8 Å². The first-order valence-corrected chi connectivity index (χ1v) is 14.5. The van der Waals surface area contributed by atoms with Crippen molar-refractivity contribution in [2.45, 2.75) is 38.1 Å². The molecule has 0 saturated heterocycles. The van der Waals surface area contributed by atoms with E-state index >= 15 is 0 Å². The standard InChI is InChI=1S/C28H40N4O6S/c1-20-14-25(38-5)15-21(2)28(20)39(36,37)31(4)19-26(34)29-17-27(35)30(3)18-22-6-7-23-8-10-32(12-13-33)11-9-24(23)16-22/h6-7,14-16,33H,8-13,17-19H2,1-5H3,(H,29,34). The molecule has 2 aromatic carbocycles. The molecule has 0 aliphatic carbocycles. The van der Waals surface area contributed by atoms with Crippen LogP contribution in [0.25, 0.3) is 0 Å². The van der Waals surface area contributed by atoms with E-state index in [2.05, 4.69) is 22.3 Å². The van der Waals surface area contributed by atoms with Gasteiger partial charge in [0, 0.05) is 40.3 Å². The molecular weight excluding hydrogens is 520 g/mol. The zero-order chi connectivity index (χ0) is 28.7. The summed E-state index contributed by atoms with van der Waals surface area (Å²) in [4.78, 5) is 29.2. The molecule has 2 amide bonds. The minimum Gasteiger partial charge on any atom is -0.497 e. The molecule has 0 radical (unpaired) electrons. The molecule has 0 bridgehead atoms. The Morgan fingerprint density at radius 2 is 1.69 bits per heavy atom. The number of nitrogens with one attached hydrogen (secondary N) is 1. The number of β-amino-alcohol motifs (C(OH)–C–C–N with tert-alkyl or cyclic N) is 1. The number of carbonyl (C=O) groups is 2. The van der Waals surface area contributed by atoms with E-state index in [4.69, 9.17) is 4.74 Å². The van der Waals surface area contributed by atoms with Crippen molar-refractivity contribution < 1.29 is 27.9 Å². The Kier molecular flexibility index (Phi) is 10.5. The molecule has 1 heterocycles. The molecule has 39 heavy (non-hydrogen) atoms. The number of aliphatic hydroxyl groups excluding tert-OH is 1. The first-order chi connectivity index (χ1) is 18.5. The third kappa shape index (κ3) is 7.78. The maximum Gasteiger partial charge on any atom is 0.243 e. The fourth-order valence-electron chi connectivity index (χ4n) is 4.89. The van der Waals surface area contributed by atoms with E-state index < -0.39 is 22.5 Å². The lowest BCUT2D eigenvalue weighted by molar-refractivity contribution is -0.132. The summed E-state index contributed by atoms with van der Waals surface area (Å²) in [6.45, 7) is 5.74.